The molecule has 2 aromatic heterocycles. The standard InChI is InChI=1S/C24H22N4O3S/c1-18(29)28(22-10-6-3-7-11-22)24-26-20(17-32-24)16-31-23(30)13-12-19-14-25-27(15-19)21-8-4-2-5-9-21/h2-11,14-15,17H,12-13,16H2,1H3. The Bertz CT molecular complexity index is 1190. The highest BCUT2D eigenvalue weighted by atomic mass is 32.1. The van der Waals surface area contributed by atoms with Crippen LogP contribution < -0.4 is 4.90 Å². The van der Waals surface area contributed by atoms with Gasteiger partial charge in [0.25, 0.3) is 0 Å². The average Bonchev–Trinajstić information content (AvgIpc) is 3.47. The van der Waals surface area contributed by atoms with Crippen LogP contribution in [0.3, 0.4) is 0 Å². The lowest BCUT2D eigenvalue weighted by atomic mass is 10.2. The molecule has 1 amide bonds. The lowest BCUT2D eigenvalue weighted by molar-refractivity contribution is -0.145. The molecule has 0 aliphatic rings. The first-order chi connectivity index (χ1) is 15.6. The van der Waals surface area contributed by atoms with E-state index in [0.717, 1.165) is 16.9 Å². The Kier molecular flexibility index (Phi) is 6.72. The van der Waals surface area contributed by atoms with Crippen LogP contribution in [0.25, 0.3) is 5.69 Å². The normalized spacial score (nSPS) is 10.7. The molecule has 0 aliphatic carbocycles. The Balaban J connectivity index is 1.30. The number of carbonyl (C=O) groups excluding carboxylic acids is 2. The van der Waals surface area contributed by atoms with E-state index in [1.807, 2.05) is 66.9 Å². The summed E-state index contributed by atoms with van der Waals surface area (Å²) in [5.41, 5.74) is 3.28. The molecule has 0 spiro atoms. The summed E-state index contributed by atoms with van der Waals surface area (Å²) in [5.74, 6) is -0.441. The maximum atomic E-state index is 12.2. The van der Waals surface area contributed by atoms with E-state index in [1.54, 1.807) is 21.2 Å². The van der Waals surface area contributed by atoms with Crippen molar-refractivity contribution in [3.63, 3.8) is 0 Å². The van der Waals surface area contributed by atoms with Gasteiger partial charge in [-0.25, -0.2) is 9.67 Å². The maximum Gasteiger partial charge on any atom is 0.306 e. The van der Waals surface area contributed by atoms with Crippen molar-refractivity contribution in [1.29, 1.82) is 0 Å². The van der Waals surface area contributed by atoms with E-state index in [-0.39, 0.29) is 24.9 Å². The summed E-state index contributed by atoms with van der Waals surface area (Å²) in [7, 11) is 0. The molecule has 162 valence electrons. The minimum absolute atomic E-state index is 0.0686. The number of aromatic nitrogens is 3. The maximum absolute atomic E-state index is 12.2. The molecule has 8 heteroatoms. The Hall–Kier alpha value is -3.78. The molecule has 0 bridgehead atoms. The van der Waals surface area contributed by atoms with E-state index in [9.17, 15) is 9.59 Å². The summed E-state index contributed by atoms with van der Waals surface area (Å²) >= 11 is 1.34. The monoisotopic (exact) mass is 446 g/mol. The van der Waals surface area contributed by atoms with Crippen LogP contribution in [0.1, 0.15) is 24.6 Å². The van der Waals surface area contributed by atoms with E-state index in [0.29, 0.717) is 17.2 Å². The first-order valence-corrected chi connectivity index (χ1v) is 11.0. The van der Waals surface area contributed by atoms with Crippen molar-refractivity contribution in [2.75, 3.05) is 4.90 Å². The van der Waals surface area contributed by atoms with Crippen molar-refractivity contribution < 1.29 is 14.3 Å². The second kappa shape index (κ2) is 10.0. The molecule has 0 fully saturated rings. The first kappa shape index (κ1) is 21.5. The van der Waals surface area contributed by atoms with Crippen molar-refractivity contribution in [2.24, 2.45) is 0 Å². The Labute approximate surface area is 189 Å². The van der Waals surface area contributed by atoms with Gasteiger partial charge >= 0.3 is 5.97 Å². The molecular formula is C24H22N4O3S. The fourth-order valence-corrected chi connectivity index (χ4v) is 4.02. The summed E-state index contributed by atoms with van der Waals surface area (Å²) in [6.45, 7) is 1.56. The number of hydrogen-bond donors (Lipinski definition) is 0. The quantitative estimate of drug-likeness (QED) is 0.367. The summed E-state index contributed by atoms with van der Waals surface area (Å²) in [4.78, 5) is 30.3. The third-order valence-electron chi connectivity index (χ3n) is 4.72. The van der Waals surface area contributed by atoms with Gasteiger partial charge in [0, 0.05) is 24.9 Å². The van der Waals surface area contributed by atoms with Crippen molar-refractivity contribution in [1.82, 2.24) is 14.8 Å². The SMILES string of the molecule is CC(=O)N(c1ccccc1)c1nc(COC(=O)CCc2cnn(-c3ccccc3)c2)cs1. The number of aryl methyl sites for hydroxylation is 1. The summed E-state index contributed by atoms with van der Waals surface area (Å²) < 4.78 is 7.16. The predicted octanol–water partition coefficient (Wildman–Crippen LogP) is 4.69. The Morgan fingerprint density at radius 3 is 2.50 bits per heavy atom. The van der Waals surface area contributed by atoms with Crippen molar-refractivity contribution in [3.8, 4) is 5.69 Å². The zero-order valence-electron chi connectivity index (χ0n) is 17.5. The minimum atomic E-state index is -0.307. The largest absolute Gasteiger partial charge is 0.459 e. The molecule has 0 aliphatic heterocycles. The van der Waals surface area contributed by atoms with Crippen molar-refractivity contribution >= 4 is 34.0 Å². The van der Waals surface area contributed by atoms with Gasteiger partial charge in [-0.05, 0) is 36.2 Å². The molecule has 0 saturated carbocycles. The average molecular weight is 447 g/mol. The van der Waals surface area contributed by atoms with Gasteiger partial charge in [-0.15, -0.1) is 11.3 Å². The fraction of sp³-hybridized carbons (Fsp3) is 0.167. The molecular weight excluding hydrogens is 424 g/mol. The molecule has 4 aromatic rings. The van der Waals surface area contributed by atoms with Gasteiger partial charge in [-0.1, -0.05) is 36.4 Å². The molecule has 0 radical (unpaired) electrons. The zero-order valence-corrected chi connectivity index (χ0v) is 18.4. The second-order valence-electron chi connectivity index (χ2n) is 7.10. The molecule has 0 N–H and O–H groups in total. The van der Waals surface area contributed by atoms with E-state index in [4.69, 9.17) is 4.74 Å². The highest BCUT2D eigenvalue weighted by Crippen LogP contribution is 2.28. The highest BCUT2D eigenvalue weighted by Gasteiger charge is 2.18. The number of hydrogen-bond acceptors (Lipinski definition) is 6. The number of nitrogens with zero attached hydrogens (tertiary/aromatic N) is 4. The van der Waals surface area contributed by atoms with Gasteiger partial charge in [0.05, 0.1) is 23.3 Å². The summed E-state index contributed by atoms with van der Waals surface area (Å²) in [6.07, 6.45) is 4.46. The van der Waals surface area contributed by atoms with Crippen LogP contribution in [0.4, 0.5) is 10.8 Å². The van der Waals surface area contributed by atoms with Crippen LogP contribution in [-0.2, 0) is 27.4 Å². The van der Waals surface area contributed by atoms with Gasteiger partial charge in [-0.2, -0.15) is 5.10 Å². The van der Waals surface area contributed by atoms with E-state index < -0.39 is 0 Å². The smallest absolute Gasteiger partial charge is 0.306 e. The topological polar surface area (TPSA) is 77.3 Å². The number of carbonyl (C=O) groups is 2. The molecule has 32 heavy (non-hydrogen) atoms. The highest BCUT2D eigenvalue weighted by molar-refractivity contribution is 7.14. The molecule has 0 saturated heterocycles. The van der Waals surface area contributed by atoms with Crippen LogP contribution in [0.2, 0.25) is 0 Å². The third-order valence-corrected chi connectivity index (χ3v) is 5.59. The lowest BCUT2D eigenvalue weighted by Gasteiger charge is -2.17. The number of anilines is 2. The van der Waals surface area contributed by atoms with Gasteiger partial charge in [0.15, 0.2) is 5.13 Å². The number of amides is 1. The lowest BCUT2D eigenvalue weighted by Crippen LogP contribution is -2.22. The Morgan fingerprint density at radius 2 is 1.78 bits per heavy atom. The third kappa shape index (κ3) is 5.28. The first-order valence-electron chi connectivity index (χ1n) is 10.1. The number of para-hydroxylation sites is 2. The van der Waals surface area contributed by atoms with Gasteiger partial charge in [0.1, 0.15) is 6.61 Å². The molecule has 7 nitrogen and oxygen atoms in total. The van der Waals surface area contributed by atoms with Crippen LogP contribution in [-0.4, -0.2) is 26.6 Å². The number of benzene rings is 2. The molecule has 2 heterocycles. The summed E-state index contributed by atoms with van der Waals surface area (Å²) in [5, 5.41) is 6.68. The Morgan fingerprint density at radius 1 is 1.06 bits per heavy atom. The summed E-state index contributed by atoms with van der Waals surface area (Å²) in [6, 6.07) is 19.1. The second-order valence-corrected chi connectivity index (χ2v) is 7.94. The van der Waals surface area contributed by atoms with Gasteiger partial charge in [0.2, 0.25) is 5.91 Å². The predicted molar refractivity (Wildman–Crippen MR) is 123 cm³/mol. The van der Waals surface area contributed by atoms with Crippen LogP contribution in [0.15, 0.2) is 78.4 Å². The minimum Gasteiger partial charge on any atom is -0.459 e. The van der Waals surface area contributed by atoms with Crippen LogP contribution in [0, 0.1) is 0 Å². The molecule has 0 atom stereocenters. The number of ether oxygens (including phenoxy) is 1. The number of rotatable bonds is 8. The van der Waals surface area contributed by atoms with Crippen molar-refractivity contribution in [2.45, 2.75) is 26.4 Å². The van der Waals surface area contributed by atoms with Gasteiger partial charge in [-0.3, -0.25) is 14.5 Å². The molecule has 4 rings (SSSR count). The van der Waals surface area contributed by atoms with Crippen LogP contribution in [0.5, 0.6) is 0 Å². The van der Waals surface area contributed by atoms with Crippen LogP contribution >= 0.6 is 11.3 Å². The van der Waals surface area contributed by atoms with E-state index >= 15 is 0 Å². The fourth-order valence-electron chi connectivity index (χ4n) is 3.15. The molecule has 2 aromatic carbocycles. The zero-order chi connectivity index (χ0) is 22.3. The van der Waals surface area contributed by atoms with Crippen molar-refractivity contribution in [3.05, 3.63) is 89.7 Å². The van der Waals surface area contributed by atoms with E-state index in [2.05, 4.69) is 10.1 Å². The van der Waals surface area contributed by atoms with Gasteiger partial charge < -0.3 is 4.74 Å². The molecule has 0 unspecified atom stereocenters. The number of esters is 1. The number of thiazole rings is 1. The van der Waals surface area contributed by atoms with E-state index in [1.165, 1.54) is 18.3 Å².